The van der Waals surface area contributed by atoms with Gasteiger partial charge in [0, 0.05) is 20.2 Å². The smallest absolute Gasteiger partial charge is 0.239 e. The van der Waals surface area contributed by atoms with Crippen LogP contribution in [0.3, 0.4) is 0 Å². The highest BCUT2D eigenvalue weighted by Crippen LogP contribution is 2.22. The van der Waals surface area contributed by atoms with Crippen molar-refractivity contribution in [3.8, 4) is 5.88 Å². The van der Waals surface area contributed by atoms with Crippen molar-refractivity contribution in [3.05, 3.63) is 12.1 Å². The lowest BCUT2D eigenvalue weighted by Crippen LogP contribution is -2.31. The van der Waals surface area contributed by atoms with E-state index in [9.17, 15) is 0 Å². The molecule has 0 aromatic carbocycles. The maximum Gasteiger partial charge on any atom is 0.239 e. The van der Waals surface area contributed by atoms with E-state index in [4.69, 9.17) is 20.3 Å². The maximum atomic E-state index is 9.06. The Morgan fingerprint density at radius 2 is 2.17 bits per heavy atom. The molecule has 0 amide bonds. The summed E-state index contributed by atoms with van der Waals surface area (Å²) in [6.07, 6.45) is 0. The minimum Gasteiger partial charge on any atom is -0.476 e. The zero-order valence-electron chi connectivity index (χ0n) is 10.9. The second kappa shape index (κ2) is 7.73. The molecular formula is C12H21N3O3. The molecule has 0 saturated heterocycles. The first-order valence-corrected chi connectivity index (χ1v) is 5.97. The third-order valence-corrected chi connectivity index (χ3v) is 2.42. The molecule has 6 heteroatoms. The standard InChI is InChI=1S/C12H21N3O3/c1-3-18-12-10(13)4-5-11(14-12)15(6-8-16)7-9-17-2/h4-5,16H,3,6-9,13H2,1-2H3. The van der Waals surface area contributed by atoms with Gasteiger partial charge in [-0.15, -0.1) is 0 Å². The molecule has 0 saturated carbocycles. The van der Waals surface area contributed by atoms with Crippen molar-refractivity contribution in [1.82, 2.24) is 4.98 Å². The van der Waals surface area contributed by atoms with Crippen LogP contribution in [-0.2, 0) is 4.74 Å². The topological polar surface area (TPSA) is 80.8 Å². The fraction of sp³-hybridized carbons (Fsp3) is 0.583. The average molecular weight is 255 g/mol. The van der Waals surface area contributed by atoms with Gasteiger partial charge in [0.15, 0.2) is 0 Å². The van der Waals surface area contributed by atoms with Crippen molar-refractivity contribution < 1.29 is 14.6 Å². The second-order valence-corrected chi connectivity index (χ2v) is 3.70. The van der Waals surface area contributed by atoms with Crippen molar-refractivity contribution in [2.24, 2.45) is 0 Å². The summed E-state index contributed by atoms with van der Waals surface area (Å²) in [5.74, 6) is 1.15. The van der Waals surface area contributed by atoms with Crippen LogP contribution in [-0.4, -0.2) is 50.1 Å². The molecular weight excluding hydrogens is 234 g/mol. The van der Waals surface area contributed by atoms with E-state index in [1.165, 1.54) is 0 Å². The molecule has 1 aromatic rings. The van der Waals surface area contributed by atoms with Crippen molar-refractivity contribution in [2.45, 2.75) is 6.92 Å². The van der Waals surface area contributed by atoms with E-state index in [1.807, 2.05) is 17.9 Å². The first-order chi connectivity index (χ1) is 8.72. The molecule has 1 rings (SSSR count). The number of methoxy groups -OCH3 is 1. The monoisotopic (exact) mass is 255 g/mol. The second-order valence-electron chi connectivity index (χ2n) is 3.70. The normalized spacial score (nSPS) is 10.4. The SMILES string of the molecule is CCOc1nc(N(CCO)CCOC)ccc1N. The Morgan fingerprint density at radius 3 is 2.78 bits per heavy atom. The Bertz CT molecular complexity index is 360. The Labute approximate surface area is 107 Å². The van der Waals surface area contributed by atoms with Crippen LogP contribution in [0, 0.1) is 0 Å². The summed E-state index contributed by atoms with van der Waals surface area (Å²) < 4.78 is 10.4. The molecule has 0 aliphatic rings. The van der Waals surface area contributed by atoms with E-state index in [1.54, 1.807) is 13.2 Å². The highest BCUT2D eigenvalue weighted by atomic mass is 16.5. The number of aliphatic hydroxyl groups excluding tert-OH is 1. The van der Waals surface area contributed by atoms with Crippen molar-refractivity contribution in [1.29, 1.82) is 0 Å². The number of anilines is 2. The average Bonchev–Trinajstić information content (AvgIpc) is 2.37. The lowest BCUT2D eigenvalue weighted by atomic mass is 10.3. The van der Waals surface area contributed by atoms with E-state index < -0.39 is 0 Å². The summed E-state index contributed by atoms with van der Waals surface area (Å²) in [5.41, 5.74) is 6.28. The third-order valence-electron chi connectivity index (χ3n) is 2.42. The van der Waals surface area contributed by atoms with Crippen LogP contribution in [0.5, 0.6) is 5.88 Å². The van der Waals surface area contributed by atoms with Gasteiger partial charge in [-0.05, 0) is 19.1 Å². The van der Waals surface area contributed by atoms with Crippen LogP contribution in [0.25, 0.3) is 0 Å². The zero-order chi connectivity index (χ0) is 13.4. The van der Waals surface area contributed by atoms with Crippen LogP contribution in [0.4, 0.5) is 11.5 Å². The van der Waals surface area contributed by atoms with Crippen LogP contribution >= 0.6 is 0 Å². The van der Waals surface area contributed by atoms with Gasteiger partial charge < -0.3 is 25.2 Å². The summed E-state index contributed by atoms with van der Waals surface area (Å²) in [5, 5.41) is 9.06. The van der Waals surface area contributed by atoms with Crippen molar-refractivity contribution >= 4 is 11.5 Å². The molecule has 0 atom stereocenters. The van der Waals surface area contributed by atoms with E-state index in [2.05, 4.69) is 4.98 Å². The number of pyridine rings is 1. The molecule has 0 radical (unpaired) electrons. The van der Waals surface area contributed by atoms with Gasteiger partial charge >= 0.3 is 0 Å². The van der Waals surface area contributed by atoms with E-state index in [0.29, 0.717) is 37.9 Å². The number of hydrogen-bond donors (Lipinski definition) is 2. The minimum atomic E-state index is 0.0553. The number of rotatable bonds is 8. The number of ether oxygens (including phenoxy) is 2. The van der Waals surface area contributed by atoms with E-state index in [0.717, 1.165) is 5.82 Å². The summed E-state index contributed by atoms with van der Waals surface area (Å²) in [4.78, 5) is 6.27. The van der Waals surface area contributed by atoms with E-state index >= 15 is 0 Å². The highest BCUT2D eigenvalue weighted by Gasteiger charge is 2.10. The number of nitrogen functional groups attached to an aromatic ring is 1. The molecule has 6 nitrogen and oxygen atoms in total. The molecule has 102 valence electrons. The molecule has 0 unspecified atom stereocenters. The van der Waals surface area contributed by atoms with Gasteiger partial charge in [-0.1, -0.05) is 0 Å². The number of aromatic nitrogens is 1. The number of aliphatic hydroxyl groups is 1. The van der Waals surface area contributed by atoms with Gasteiger partial charge in [0.05, 0.1) is 25.5 Å². The molecule has 1 heterocycles. The van der Waals surface area contributed by atoms with Crippen LogP contribution in [0.15, 0.2) is 12.1 Å². The van der Waals surface area contributed by atoms with Crippen LogP contribution in [0.2, 0.25) is 0 Å². The highest BCUT2D eigenvalue weighted by molar-refractivity contribution is 5.54. The lowest BCUT2D eigenvalue weighted by molar-refractivity contribution is 0.202. The van der Waals surface area contributed by atoms with Crippen LogP contribution in [0.1, 0.15) is 6.92 Å². The quantitative estimate of drug-likeness (QED) is 0.704. The fourth-order valence-electron chi connectivity index (χ4n) is 1.53. The van der Waals surface area contributed by atoms with Gasteiger partial charge in [0.2, 0.25) is 5.88 Å². The predicted octanol–water partition coefficient (Wildman–Crippen LogP) is 0.508. The predicted molar refractivity (Wildman–Crippen MR) is 71.0 cm³/mol. The number of hydrogen-bond acceptors (Lipinski definition) is 6. The lowest BCUT2D eigenvalue weighted by Gasteiger charge is -2.23. The first kappa shape index (κ1) is 14.5. The summed E-state index contributed by atoms with van der Waals surface area (Å²) >= 11 is 0. The van der Waals surface area contributed by atoms with Gasteiger partial charge in [0.1, 0.15) is 5.82 Å². The summed E-state index contributed by atoms with van der Waals surface area (Å²) in [6, 6.07) is 3.56. The first-order valence-electron chi connectivity index (χ1n) is 5.97. The van der Waals surface area contributed by atoms with Gasteiger partial charge in [-0.2, -0.15) is 4.98 Å². The molecule has 0 spiro atoms. The Morgan fingerprint density at radius 1 is 1.39 bits per heavy atom. The number of nitrogens with two attached hydrogens (primary N) is 1. The Kier molecular flexibility index (Phi) is 6.24. The van der Waals surface area contributed by atoms with Gasteiger partial charge in [-0.3, -0.25) is 0 Å². The molecule has 18 heavy (non-hydrogen) atoms. The fourth-order valence-corrected chi connectivity index (χ4v) is 1.53. The largest absolute Gasteiger partial charge is 0.476 e. The van der Waals surface area contributed by atoms with Crippen molar-refractivity contribution in [2.75, 3.05) is 50.7 Å². The van der Waals surface area contributed by atoms with E-state index in [-0.39, 0.29) is 6.61 Å². The van der Waals surface area contributed by atoms with Crippen LogP contribution < -0.4 is 15.4 Å². The molecule has 1 aromatic heterocycles. The maximum absolute atomic E-state index is 9.06. The summed E-state index contributed by atoms with van der Waals surface area (Å²) in [7, 11) is 1.64. The Hall–Kier alpha value is -1.53. The molecule has 0 aliphatic carbocycles. The Balaban J connectivity index is 2.85. The molecule has 0 bridgehead atoms. The zero-order valence-corrected chi connectivity index (χ0v) is 10.9. The van der Waals surface area contributed by atoms with Crippen molar-refractivity contribution in [3.63, 3.8) is 0 Å². The van der Waals surface area contributed by atoms with Gasteiger partial charge in [-0.25, -0.2) is 0 Å². The minimum absolute atomic E-state index is 0.0553. The molecule has 3 N–H and O–H groups in total. The third kappa shape index (κ3) is 4.05. The molecule has 0 fully saturated rings. The van der Waals surface area contributed by atoms with Gasteiger partial charge in [0.25, 0.3) is 0 Å². The summed E-state index contributed by atoms with van der Waals surface area (Å²) in [6.45, 7) is 4.16. The molecule has 0 aliphatic heterocycles. The number of nitrogens with zero attached hydrogens (tertiary/aromatic N) is 2.